The second kappa shape index (κ2) is 4.61. The number of hydrogen-bond acceptors (Lipinski definition) is 2. The summed E-state index contributed by atoms with van der Waals surface area (Å²) in [5, 5.41) is 0. The molecule has 1 aliphatic carbocycles. The number of carbonyl (C=O) groups excluding carboxylic acids is 1. The quantitative estimate of drug-likeness (QED) is 0.808. The molecule has 2 N–H and O–H groups in total. The Bertz CT molecular complexity index is 413. The van der Waals surface area contributed by atoms with E-state index < -0.39 is 5.54 Å². The van der Waals surface area contributed by atoms with E-state index in [1.54, 1.807) is 0 Å². The highest BCUT2D eigenvalue weighted by Crippen LogP contribution is 2.38. The maximum absolute atomic E-state index is 12.2. The molecule has 0 saturated heterocycles. The van der Waals surface area contributed by atoms with Crippen molar-refractivity contribution in [1.29, 1.82) is 0 Å². The minimum Gasteiger partial charge on any atom is -0.325 e. The van der Waals surface area contributed by atoms with Gasteiger partial charge in [-0.15, -0.1) is 0 Å². The van der Waals surface area contributed by atoms with Crippen LogP contribution in [0.15, 0.2) is 24.3 Å². The van der Waals surface area contributed by atoms with Crippen molar-refractivity contribution < 1.29 is 4.79 Å². The molecule has 0 aromatic heterocycles. The molecule has 0 bridgehead atoms. The number of rotatable bonds is 4. The topological polar surface area (TPSA) is 43.1 Å². The summed E-state index contributed by atoms with van der Waals surface area (Å²) in [7, 11) is 0. The van der Waals surface area contributed by atoms with Crippen molar-refractivity contribution in [1.82, 2.24) is 0 Å². The first-order chi connectivity index (χ1) is 7.97. The second-order valence-corrected chi connectivity index (χ2v) is 5.80. The Morgan fingerprint density at radius 3 is 2.53 bits per heavy atom. The SMILES string of the molecule is CC(C)(N)CC(=O)c1ccccc1C1CCC1. The molecule has 1 fully saturated rings. The molecule has 0 aliphatic heterocycles. The van der Waals surface area contributed by atoms with Gasteiger partial charge in [0.15, 0.2) is 5.78 Å². The van der Waals surface area contributed by atoms with Gasteiger partial charge in [0.25, 0.3) is 0 Å². The highest BCUT2D eigenvalue weighted by molar-refractivity contribution is 5.98. The summed E-state index contributed by atoms with van der Waals surface area (Å²) in [6.07, 6.45) is 4.14. The average molecular weight is 231 g/mol. The molecule has 0 radical (unpaired) electrons. The van der Waals surface area contributed by atoms with Gasteiger partial charge >= 0.3 is 0 Å². The lowest BCUT2D eigenvalue weighted by atomic mass is 9.77. The van der Waals surface area contributed by atoms with Crippen molar-refractivity contribution in [2.75, 3.05) is 0 Å². The molecule has 17 heavy (non-hydrogen) atoms. The molecule has 0 heterocycles. The second-order valence-electron chi connectivity index (χ2n) is 5.80. The van der Waals surface area contributed by atoms with E-state index in [-0.39, 0.29) is 5.78 Å². The molecular formula is C15H21NO. The highest BCUT2D eigenvalue weighted by Gasteiger charge is 2.25. The third kappa shape index (κ3) is 2.95. The number of hydrogen-bond donors (Lipinski definition) is 1. The van der Waals surface area contributed by atoms with Crippen LogP contribution in [0.3, 0.4) is 0 Å². The number of ketones is 1. The first-order valence-corrected chi connectivity index (χ1v) is 6.38. The van der Waals surface area contributed by atoms with Gasteiger partial charge in [0.2, 0.25) is 0 Å². The van der Waals surface area contributed by atoms with E-state index in [0.29, 0.717) is 12.3 Å². The van der Waals surface area contributed by atoms with Crippen LogP contribution >= 0.6 is 0 Å². The molecule has 2 nitrogen and oxygen atoms in total. The number of Topliss-reactive ketones (excluding diaryl/α,β-unsaturated/α-hetero) is 1. The molecule has 2 heteroatoms. The zero-order chi connectivity index (χ0) is 12.5. The van der Waals surface area contributed by atoms with E-state index in [9.17, 15) is 4.79 Å². The van der Waals surface area contributed by atoms with Crippen LogP contribution in [-0.4, -0.2) is 11.3 Å². The molecule has 1 aromatic rings. The van der Waals surface area contributed by atoms with Crippen LogP contribution in [0.2, 0.25) is 0 Å². The third-order valence-electron chi connectivity index (χ3n) is 3.42. The fourth-order valence-electron chi connectivity index (χ4n) is 2.34. The van der Waals surface area contributed by atoms with Crippen LogP contribution in [0.5, 0.6) is 0 Å². The molecule has 0 atom stereocenters. The Morgan fingerprint density at radius 1 is 1.35 bits per heavy atom. The summed E-state index contributed by atoms with van der Waals surface area (Å²) in [6.45, 7) is 3.80. The number of nitrogens with two attached hydrogens (primary N) is 1. The molecule has 0 amide bonds. The van der Waals surface area contributed by atoms with Gasteiger partial charge < -0.3 is 5.73 Å². The largest absolute Gasteiger partial charge is 0.325 e. The minimum atomic E-state index is -0.427. The van der Waals surface area contributed by atoms with E-state index in [1.165, 1.54) is 24.8 Å². The molecule has 1 aliphatic rings. The lowest BCUT2D eigenvalue weighted by Gasteiger charge is -2.28. The minimum absolute atomic E-state index is 0.181. The van der Waals surface area contributed by atoms with Crippen LogP contribution < -0.4 is 5.73 Å². The molecule has 92 valence electrons. The lowest BCUT2D eigenvalue weighted by Crippen LogP contribution is -2.35. The van der Waals surface area contributed by atoms with Crippen LogP contribution in [0.4, 0.5) is 0 Å². The monoisotopic (exact) mass is 231 g/mol. The molecule has 0 spiro atoms. The summed E-state index contributed by atoms with van der Waals surface area (Å²) < 4.78 is 0. The zero-order valence-electron chi connectivity index (χ0n) is 10.7. The van der Waals surface area contributed by atoms with Crippen molar-refractivity contribution in [2.24, 2.45) is 5.73 Å². The van der Waals surface area contributed by atoms with Gasteiger partial charge in [0.05, 0.1) is 0 Å². The first-order valence-electron chi connectivity index (χ1n) is 6.38. The lowest BCUT2D eigenvalue weighted by molar-refractivity contribution is 0.0958. The van der Waals surface area contributed by atoms with Gasteiger partial charge in [-0.2, -0.15) is 0 Å². The van der Waals surface area contributed by atoms with Crippen LogP contribution in [0, 0.1) is 0 Å². The van der Waals surface area contributed by atoms with Crippen molar-refractivity contribution in [2.45, 2.75) is 51.0 Å². The molecular weight excluding hydrogens is 210 g/mol. The Balaban J connectivity index is 2.22. The first kappa shape index (κ1) is 12.3. The normalized spacial score (nSPS) is 16.6. The highest BCUT2D eigenvalue weighted by atomic mass is 16.1. The Hall–Kier alpha value is -1.15. The summed E-state index contributed by atoms with van der Waals surface area (Å²) in [6, 6.07) is 8.01. The fraction of sp³-hybridized carbons (Fsp3) is 0.533. The van der Waals surface area contributed by atoms with E-state index in [2.05, 4.69) is 6.07 Å². The van der Waals surface area contributed by atoms with Gasteiger partial charge in [0.1, 0.15) is 0 Å². The van der Waals surface area contributed by atoms with Gasteiger partial charge in [-0.25, -0.2) is 0 Å². The maximum Gasteiger partial charge on any atom is 0.164 e. The summed E-state index contributed by atoms with van der Waals surface area (Å²) in [5.41, 5.74) is 7.61. The standard InChI is InChI=1S/C15H21NO/c1-15(2,16)10-14(17)13-9-4-3-8-12(13)11-6-5-7-11/h3-4,8-9,11H,5-7,10,16H2,1-2H3. The van der Waals surface area contributed by atoms with E-state index in [4.69, 9.17) is 5.73 Å². The van der Waals surface area contributed by atoms with Gasteiger partial charge in [0, 0.05) is 17.5 Å². The summed E-state index contributed by atoms with van der Waals surface area (Å²) in [5.74, 6) is 0.774. The van der Waals surface area contributed by atoms with Crippen molar-refractivity contribution >= 4 is 5.78 Å². The van der Waals surface area contributed by atoms with Gasteiger partial charge in [-0.1, -0.05) is 30.7 Å². The van der Waals surface area contributed by atoms with Gasteiger partial charge in [-0.3, -0.25) is 4.79 Å². The maximum atomic E-state index is 12.2. The van der Waals surface area contributed by atoms with E-state index in [1.807, 2.05) is 32.0 Å². The zero-order valence-corrected chi connectivity index (χ0v) is 10.7. The van der Waals surface area contributed by atoms with Crippen LogP contribution in [-0.2, 0) is 0 Å². The van der Waals surface area contributed by atoms with Crippen LogP contribution in [0.1, 0.15) is 61.4 Å². The Kier molecular flexibility index (Phi) is 3.34. The van der Waals surface area contributed by atoms with Crippen molar-refractivity contribution in [3.8, 4) is 0 Å². The van der Waals surface area contributed by atoms with E-state index in [0.717, 1.165) is 5.56 Å². The molecule has 1 saturated carbocycles. The number of carbonyl (C=O) groups is 1. The number of benzene rings is 1. The van der Waals surface area contributed by atoms with Crippen molar-refractivity contribution in [3.05, 3.63) is 35.4 Å². The Labute approximate surface area is 103 Å². The van der Waals surface area contributed by atoms with Crippen molar-refractivity contribution in [3.63, 3.8) is 0 Å². The van der Waals surface area contributed by atoms with Crippen LogP contribution in [0.25, 0.3) is 0 Å². The average Bonchev–Trinajstić information content (AvgIpc) is 2.13. The molecule has 2 rings (SSSR count). The third-order valence-corrected chi connectivity index (χ3v) is 3.42. The summed E-state index contributed by atoms with van der Waals surface area (Å²) in [4.78, 5) is 12.2. The molecule has 0 unspecified atom stereocenters. The van der Waals surface area contributed by atoms with E-state index >= 15 is 0 Å². The smallest absolute Gasteiger partial charge is 0.164 e. The predicted molar refractivity (Wildman–Crippen MR) is 70.2 cm³/mol. The fourth-order valence-corrected chi connectivity index (χ4v) is 2.34. The summed E-state index contributed by atoms with van der Waals surface area (Å²) >= 11 is 0. The Morgan fingerprint density at radius 2 is 2.00 bits per heavy atom. The molecule has 1 aromatic carbocycles. The van der Waals surface area contributed by atoms with Gasteiger partial charge in [-0.05, 0) is 38.2 Å². The predicted octanol–water partition coefficient (Wildman–Crippen LogP) is 3.26.